The van der Waals surface area contributed by atoms with Gasteiger partial charge in [-0.2, -0.15) is 0 Å². The minimum absolute atomic E-state index is 0.0607. The van der Waals surface area contributed by atoms with E-state index >= 15 is 0 Å². The third-order valence-electron chi connectivity index (χ3n) is 5.25. The van der Waals surface area contributed by atoms with E-state index < -0.39 is 60.0 Å². The molecule has 170 valence electrons. The second kappa shape index (κ2) is 8.30. The number of fused-ring (bicyclic) bond motifs is 1. The fourth-order valence-corrected chi connectivity index (χ4v) is 3.43. The zero-order chi connectivity index (χ0) is 23.2. The molecule has 0 spiro atoms. The molecule has 1 saturated heterocycles. The van der Waals surface area contributed by atoms with Crippen LogP contribution in [0.5, 0.6) is 23.0 Å². The fourth-order valence-electron chi connectivity index (χ4n) is 3.43. The van der Waals surface area contributed by atoms with Gasteiger partial charge in [-0.25, -0.2) is 0 Å². The summed E-state index contributed by atoms with van der Waals surface area (Å²) in [5, 5.41) is 68.0. The first-order chi connectivity index (χ1) is 15.2. The van der Waals surface area contributed by atoms with Crippen LogP contribution in [0.2, 0.25) is 0 Å². The molecule has 11 heteroatoms. The van der Waals surface area contributed by atoms with E-state index in [-0.39, 0.29) is 22.5 Å². The first kappa shape index (κ1) is 21.9. The van der Waals surface area contributed by atoms with Gasteiger partial charge in [-0.05, 0) is 30.3 Å². The van der Waals surface area contributed by atoms with Crippen LogP contribution in [0.1, 0.15) is 0 Å². The topological polar surface area (TPSA) is 190 Å². The van der Waals surface area contributed by atoms with Crippen LogP contribution in [-0.2, 0) is 4.74 Å². The van der Waals surface area contributed by atoms with Gasteiger partial charge in [0.05, 0.1) is 24.0 Å². The zero-order valence-electron chi connectivity index (χ0n) is 16.3. The fraction of sp³-hybridized carbons (Fsp3) is 0.286. The van der Waals surface area contributed by atoms with Crippen molar-refractivity contribution in [1.82, 2.24) is 0 Å². The van der Waals surface area contributed by atoms with Crippen molar-refractivity contribution in [2.24, 2.45) is 5.92 Å². The van der Waals surface area contributed by atoms with Gasteiger partial charge >= 0.3 is 0 Å². The van der Waals surface area contributed by atoms with E-state index in [0.29, 0.717) is 5.56 Å². The highest BCUT2D eigenvalue weighted by Gasteiger charge is 2.44. The van der Waals surface area contributed by atoms with E-state index in [1.54, 1.807) is 0 Å². The van der Waals surface area contributed by atoms with Crippen LogP contribution in [0.25, 0.3) is 22.3 Å². The Kier molecular flexibility index (Phi) is 5.67. The lowest BCUT2D eigenvalue weighted by Gasteiger charge is -2.39. The molecule has 1 aromatic heterocycles. The second-order valence-corrected chi connectivity index (χ2v) is 7.31. The molecule has 0 saturated carbocycles. The minimum atomic E-state index is -1.70. The number of hydrogen-bond acceptors (Lipinski definition) is 11. The first-order valence-corrected chi connectivity index (χ1v) is 9.50. The summed E-state index contributed by atoms with van der Waals surface area (Å²) in [5.41, 5.74) is -0.455. The highest BCUT2D eigenvalue weighted by Crippen LogP contribution is 2.41. The minimum Gasteiger partial charge on any atom is -0.504 e. The largest absolute Gasteiger partial charge is 0.504 e. The molecule has 2 heterocycles. The van der Waals surface area contributed by atoms with Crippen molar-refractivity contribution in [3.63, 3.8) is 0 Å². The molecule has 7 N–H and O–H groups in total. The van der Waals surface area contributed by atoms with Crippen molar-refractivity contribution < 1.29 is 49.6 Å². The highest BCUT2D eigenvalue weighted by molar-refractivity contribution is 5.88. The van der Waals surface area contributed by atoms with Crippen LogP contribution in [0.4, 0.5) is 0 Å². The molecule has 1 aliphatic rings. The maximum Gasteiger partial charge on any atom is 0.210 e. The molecular weight excluding hydrogens is 428 g/mol. The summed E-state index contributed by atoms with van der Waals surface area (Å²) in [6, 6.07) is 8.09. The van der Waals surface area contributed by atoms with Crippen LogP contribution in [0.15, 0.2) is 45.6 Å². The predicted octanol–water partition coefficient (Wildman–Crippen LogP) is -0.0394. The SMILES string of the molecule is O=c1cc(-c2ccc(OC3OC(O)C(O)C(O)C3CO)cc2)oc2c(O)c(O)c(O)cc12. The number of rotatable bonds is 4. The van der Waals surface area contributed by atoms with Crippen molar-refractivity contribution in [2.75, 3.05) is 6.61 Å². The summed E-state index contributed by atoms with van der Waals surface area (Å²) in [6.45, 7) is -0.568. The molecule has 32 heavy (non-hydrogen) atoms. The van der Waals surface area contributed by atoms with Crippen LogP contribution in [0, 0.1) is 5.92 Å². The summed E-state index contributed by atoms with van der Waals surface area (Å²) in [5.74, 6) is -2.99. The smallest absolute Gasteiger partial charge is 0.210 e. The number of aliphatic hydroxyl groups is 4. The standard InChI is InChI=1S/C21H20O11/c22-7-11-15(25)18(28)20(29)32-21(11)30-9-3-1-8(2-4-9)14-6-12(23)10-5-13(24)16(26)17(27)19(10)31-14/h1-6,11,15,18,20-22,24-29H,7H2. The van der Waals surface area contributed by atoms with E-state index in [9.17, 15) is 40.5 Å². The van der Waals surface area contributed by atoms with Gasteiger partial charge in [0.2, 0.25) is 17.8 Å². The molecule has 3 aromatic rings. The lowest BCUT2D eigenvalue weighted by molar-refractivity contribution is -0.312. The molecule has 11 nitrogen and oxygen atoms in total. The van der Waals surface area contributed by atoms with E-state index in [1.807, 2.05) is 0 Å². The molecule has 2 aromatic carbocycles. The average molecular weight is 448 g/mol. The molecule has 1 fully saturated rings. The molecule has 1 aliphatic heterocycles. The number of benzene rings is 2. The van der Waals surface area contributed by atoms with Gasteiger partial charge in [0.15, 0.2) is 23.1 Å². The number of phenols is 3. The van der Waals surface area contributed by atoms with Crippen molar-refractivity contribution in [2.45, 2.75) is 24.8 Å². The molecule has 0 amide bonds. The number of hydrogen-bond donors (Lipinski definition) is 7. The summed E-state index contributed by atoms with van der Waals surface area (Å²) in [4.78, 5) is 12.4. The van der Waals surface area contributed by atoms with Gasteiger partial charge in [-0.15, -0.1) is 0 Å². The molecule has 5 atom stereocenters. The van der Waals surface area contributed by atoms with Crippen LogP contribution in [0.3, 0.4) is 0 Å². The molecule has 4 rings (SSSR count). The number of ether oxygens (including phenoxy) is 2. The Bertz CT molecular complexity index is 1190. The van der Waals surface area contributed by atoms with Gasteiger partial charge in [0.1, 0.15) is 17.6 Å². The number of aliphatic hydroxyl groups excluding tert-OH is 4. The maximum atomic E-state index is 12.4. The highest BCUT2D eigenvalue weighted by atomic mass is 16.7. The normalized spacial score (nSPS) is 25.7. The Morgan fingerprint density at radius 2 is 1.62 bits per heavy atom. The lowest BCUT2D eigenvalue weighted by atomic mass is 9.94. The van der Waals surface area contributed by atoms with Gasteiger partial charge in [-0.1, -0.05) is 0 Å². The number of aromatic hydroxyl groups is 3. The Morgan fingerprint density at radius 3 is 2.28 bits per heavy atom. The maximum absolute atomic E-state index is 12.4. The zero-order valence-corrected chi connectivity index (χ0v) is 16.3. The molecule has 0 radical (unpaired) electrons. The Morgan fingerprint density at radius 1 is 0.938 bits per heavy atom. The van der Waals surface area contributed by atoms with Crippen LogP contribution in [-0.4, -0.2) is 67.1 Å². The molecular formula is C21H20O11. The summed E-state index contributed by atoms with van der Waals surface area (Å²) >= 11 is 0. The Balaban J connectivity index is 1.62. The van der Waals surface area contributed by atoms with Crippen molar-refractivity contribution in [1.29, 1.82) is 0 Å². The molecule has 0 bridgehead atoms. The summed E-state index contributed by atoms with van der Waals surface area (Å²) in [7, 11) is 0. The van der Waals surface area contributed by atoms with Crippen LogP contribution < -0.4 is 10.2 Å². The lowest BCUT2D eigenvalue weighted by Crippen LogP contribution is -2.57. The third kappa shape index (κ3) is 3.72. The molecule has 0 aliphatic carbocycles. The van der Waals surface area contributed by atoms with Crippen molar-refractivity contribution in [3.05, 3.63) is 46.6 Å². The quantitative estimate of drug-likeness (QED) is 0.265. The van der Waals surface area contributed by atoms with Gasteiger partial charge in [-0.3, -0.25) is 4.79 Å². The second-order valence-electron chi connectivity index (χ2n) is 7.31. The summed E-state index contributed by atoms with van der Waals surface area (Å²) in [6.07, 6.45) is -6.01. The van der Waals surface area contributed by atoms with E-state index in [2.05, 4.69) is 0 Å². The van der Waals surface area contributed by atoms with Gasteiger partial charge in [0, 0.05) is 11.6 Å². The average Bonchev–Trinajstić information content (AvgIpc) is 2.77. The van der Waals surface area contributed by atoms with Crippen LogP contribution >= 0.6 is 0 Å². The van der Waals surface area contributed by atoms with E-state index in [4.69, 9.17) is 13.9 Å². The Labute approximate surface area is 179 Å². The van der Waals surface area contributed by atoms with Crippen molar-refractivity contribution >= 4 is 11.0 Å². The third-order valence-corrected chi connectivity index (χ3v) is 5.25. The van der Waals surface area contributed by atoms with E-state index in [0.717, 1.165) is 12.1 Å². The number of phenolic OH excluding ortho intramolecular Hbond substituents is 3. The predicted molar refractivity (Wildman–Crippen MR) is 107 cm³/mol. The monoisotopic (exact) mass is 448 g/mol. The van der Waals surface area contributed by atoms with Gasteiger partial charge in [0.25, 0.3) is 0 Å². The first-order valence-electron chi connectivity index (χ1n) is 9.50. The van der Waals surface area contributed by atoms with Gasteiger partial charge < -0.3 is 49.6 Å². The Hall–Kier alpha value is -3.35. The molecule has 5 unspecified atom stereocenters. The summed E-state index contributed by atoms with van der Waals surface area (Å²) < 4.78 is 16.2. The van der Waals surface area contributed by atoms with E-state index in [1.165, 1.54) is 24.3 Å². The van der Waals surface area contributed by atoms with Crippen molar-refractivity contribution in [3.8, 4) is 34.3 Å².